The van der Waals surface area contributed by atoms with Crippen LogP contribution in [0.15, 0.2) is 29.8 Å². The molecular formula is C17H23N3O3. The Morgan fingerprint density at radius 2 is 2.09 bits per heavy atom. The molecule has 1 aromatic rings. The maximum absolute atomic E-state index is 12.3. The van der Waals surface area contributed by atoms with Crippen LogP contribution in [0.25, 0.3) is 0 Å². The van der Waals surface area contributed by atoms with Gasteiger partial charge in [0.2, 0.25) is 0 Å². The summed E-state index contributed by atoms with van der Waals surface area (Å²) in [6.07, 6.45) is 2.84. The Kier molecular flexibility index (Phi) is 5.26. The van der Waals surface area contributed by atoms with Gasteiger partial charge in [0.1, 0.15) is 5.75 Å². The van der Waals surface area contributed by atoms with Gasteiger partial charge in [0, 0.05) is 18.8 Å². The van der Waals surface area contributed by atoms with E-state index in [9.17, 15) is 9.59 Å². The summed E-state index contributed by atoms with van der Waals surface area (Å²) < 4.78 is 5.56. The van der Waals surface area contributed by atoms with Crippen molar-refractivity contribution in [2.45, 2.75) is 33.3 Å². The molecule has 0 radical (unpaired) electrons. The van der Waals surface area contributed by atoms with Crippen molar-refractivity contribution < 1.29 is 14.3 Å². The molecule has 2 rings (SSSR count). The van der Waals surface area contributed by atoms with Crippen LogP contribution in [0.2, 0.25) is 0 Å². The van der Waals surface area contributed by atoms with Gasteiger partial charge < -0.3 is 20.7 Å². The molecule has 1 aliphatic heterocycles. The predicted octanol–water partition coefficient (Wildman–Crippen LogP) is 2.76. The number of anilines is 1. The van der Waals surface area contributed by atoms with E-state index in [4.69, 9.17) is 10.5 Å². The maximum Gasteiger partial charge on any atom is 0.322 e. The van der Waals surface area contributed by atoms with E-state index >= 15 is 0 Å². The number of hydrogen-bond acceptors (Lipinski definition) is 3. The highest BCUT2D eigenvalue weighted by Crippen LogP contribution is 2.24. The molecule has 0 spiro atoms. The zero-order valence-corrected chi connectivity index (χ0v) is 13.8. The third-order valence-corrected chi connectivity index (χ3v) is 3.58. The summed E-state index contributed by atoms with van der Waals surface area (Å²) in [5.74, 6) is -0.171. The van der Waals surface area contributed by atoms with E-state index in [1.54, 1.807) is 23.1 Å². The van der Waals surface area contributed by atoms with E-state index in [0.29, 0.717) is 24.5 Å². The Bertz CT molecular complexity index is 638. The van der Waals surface area contributed by atoms with Gasteiger partial charge in [-0.3, -0.25) is 4.79 Å². The van der Waals surface area contributed by atoms with Crippen molar-refractivity contribution in [3.8, 4) is 5.75 Å². The SMILES string of the molecule is CC1=CCN(C(=O)Nc2ccc(OC(C)C)c(C(N)=O)c2)CC1. The van der Waals surface area contributed by atoms with E-state index in [0.717, 1.165) is 6.42 Å². The molecule has 6 nitrogen and oxygen atoms in total. The highest BCUT2D eigenvalue weighted by atomic mass is 16.5. The van der Waals surface area contributed by atoms with Crippen LogP contribution in [0.3, 0.4) is 0 Å². The molecule has 3 amide bonds. The molecule has 6 heteroatoms. The smallest absolute Gasteiger partial charge is 0.322 e. The number of carbonyl (C=O) groups is 2. The van der Waals surface area contributed by atoms with E-state index in [1.165, 1.54) is 5.57 Å². The minimum absolute atomic E-state index is 0.0723. The quantitative estimate of drug-likeness (QED) is 0.837. The molecule has 0 aromatic heterocycles. The number of nitrogens with two attached hydrogens (primary N) is 1. The number of nitrogens with one attached hydrogen (secondary N) is 1. The normalized spacial score (nSPS) is 14.4. The van der Waals surface area contributed by atoms with Crippen LogP contribution in [0.5, 0.6) is 5.75 Å². The summed E-state index contributed by atoms with van der Waals surface area (Å²) in [6.45, 7) is 7.07. The number of urea groups is 1. The lowest BCUT2D eigenvalue weighted by Gasteiger charge is -2.25. The largest absolute Gasteiger partial charge is 0.490 e. The Morgan fingerprint density at radius 1 is 1.35 bits per heavy atom. The van der Waals surface area contributed by atoms with Crippen LogP contribution in [0, 0.1) is 0 Å². The fourth-order valence-electron chi connectivity index (χ4n) is 2.31. The van der Waals surface area contributed by atoms with Crippen molar-refractivity contribution in [2.75, 3.05) is 18.4 Å². The monoisotopic (exact) mass is 317 g/mol. The molecule has 0 fully saturated rings. The summed E-state index contributed by atoms with van der Waals surface area (Å²) in [7, 11) is 0. The number of carbonyl (C=O) groups excluding carboxylic acids is 2. The van der Waals surface area contributed by atoms with Crippen molar-refractivity contribution in [1.29, 1.82) is 0 Å². The van der Waals surface area contributed by atoms with Gasteiger partial charge in [-0.2, -0.15) is 0 Å². The first kappa shape index (κ1) is 16.9. The van der Waals surface area contributed by atoms with Gasteiger partial charge in [0.25, 0.3) is 5.91 Å². The third kappa shape index (κ3) is 4.48. The van der Waals surface area contributed by atoms with Crippen molar-refractivity contribution >= 4 is 17.6 Å². The van der Waals surface area contributed by atoms with Gasteiger partial charge >= 0.3 is 6.03 Å². The Labute approximate surface area is 136 Å². The Morgan fingerprint density at radius 3 is 2.65 bits per heavy atom. The molecule has 0 unspecified atom stereocenters. The number of hydrogen-bond donors (Lipinski definition) is 2. The second kappa shape index (κ2) is 7.17. The van der Waals surface area contributed by atoms with Gasteiger partial charge in [-0.25, -0.2) is 4.79 Å². The predicted molar refractivity (Wildman–Crippen MR) is 89.7 cm³/mol. The van der Waals surface area contributed by atoms with Crippen LogP contribution in [-0.2, 0) is 0 Å². The van der Waals surface area contributed by atoms with Gasteiger partial charge in [0.15, 0.2) is 0 Å². The second-order valence-corrected chi connectivity index (χ2v) is 5.92. The lowest BCUT2D eigenvalue weighted by Crippen LogP contribution is -2.37. The molecular weight excluding hydrogens is 294 g/mol. The molecule has 0 saturated heterocycles. The lowest BCUT2D eigenvalue weighted by molar-refractivity contribution is 0.0994. The highest BCUT2D eigenvalue weighted by Gasteiger charge is 2.17. The first-order valence-corrected chi connectivity index (χ1v) is 7.69. The molecule has 1 aliphatic rings. The van der Waals surface area contributed by atoms with Crippen molar-refractivity contribution in [3.63, 3.8) is 0 Å². The van der Waals surface area contributed by atoms with Gasteiger partial charge in [-0.15, -0.1) is 0 Å². The standard InChI is InChI=1S/C17H23N3O3/c1-11(2)23-15-5-4-13(10-14(15)16(18)21)19-17(22)20-8-6-12(3)7-9-20/h4-6,10-11H,7-9H2,1-3H3,(H2,18,21)(H,19,22). The molecule has 0 aliphatic carbocycles. The number of amides is 3. The van der Waals surface area contributed by atoms with Crippen LogP contribution < -0.4 is 15.8 Å². The molecule has 124 valence electrons. The summed E-state index contributed by atoms with van der Waals surface area (Å²) in [6, 6.07) is 4.70. The first-order valence-electron chi connectivity index (χ1n) is 7.69. The number of benzene rings is 1. The molecule has 0 atom stereocenters. The van der Waals surface area contributed by atoms with Gasteiger partial charge in [0.05, 0.1) is 11.7 Å². The van der Waals surface area contributed by atoms with Crippen LogP contribution in [-0.4, -0.2) is 36.0 Å². The first-order chi connectivity index (χ1) is 10.9. The second-order valence-electron chi connectivity index (χ2n) is 5.92. The lowest BCUT2D eigenvalue weighted by atomic mass is 10.1. The van der Waals surface area contributed by atoms with Gasteiger partial charge in [-0.1, -0.05) is 11.6 Å². The molecule has 0 bridgehead atoms. The summed E-state index contributed by atoms with van der Waals surface area (Å²) in [4.78, 5) is 25.6. The fraction of sp³-hybridized carbons (Fsp3) is 0.412. The van der Waals surface area contributed by atoms with E-state index < -0.39 is 5.91 Å². The summed E-state index contributed by atoms with van der Waals surface area (Å²) in [5.41, 5.74) is 7.47. The maximum atomic E-state index is 12.3. The average Bonchev–Trinajstić information content (AvgIpc) is 2.48. The van der Waals surface area contributed by atoms with Crippen molar-refractivity contribution in [2.24, 2.45) is 5.73 Å². The number of ether oxygens (including phenoxy) is 1. The summed E-state index contributed by atoms with van der Waals surface area (Å²) in [5, 5.41) is 2.80. The number of primary amides is 1. The van der Waals surface area contributed by atoms with Crippen LogP contribution in [0.1, 0.15) is 37.6 Å². The summed E-state index contributed by atoms with van der Waals surface area (Å²) >= 11 is 0. The van der Waals surface area contributed by atoms with Crippen LogP contribution >= 0.6 is 0 Å². The Balaban J connectivity index is 2.12. The fourth-order valence-corrected chi connectivity index (χ4v) is 2.31. The van der Waals surface area contributed by atoms with E-state index in [1.807, 2.05) is 19.9 Å². The molecule has 1 heterocycles. The zero-order chi connectivity index (χ0) is 17.0. The molecule has 1 aromatic carbocycles. The highest BCUT2D eigenvalue weighted by molar-refractivity contribution is 5.98. The third-order valence-electron chi connectivity index (χ3n) is 3.58. The van der Waals surface area contributed by atoms with Gasteiger partial charge in [-0.05, 0) is 45.4 Å². The minimum Gasteiger partial charge on any atom is -0.490 e. The zero-order valence-electron chi connectivity index (χ0n) is 13.8. The van der Waals surface area contributed by atoms with Crippen molar-refractivity contribution in [1.82, 2.24) is 4.90 Å². The number of rotatable bonds is 4. The molecule has 3 N–H and O–H groups in total. The Hall–Kier alpha value is -2.50. The topological polar surface area (TPSA) is 84.7 Å². The van der Waals surface area contributed by atoms with Crippen LogP contribution in [0.4, 0.5) is 10.5 Å². The molecule has 0 saturated carbocycles. The minimum atomic E-state index is -0.590. The van der Waals surface area contributed by atoms with E-state index in [-0.39, 0.29) is 17.7 Å². The van der Waals surface area contributed by atoms with E-state index in [2.05, 4.69) is 12.2 Å². The average molecular weight is 317 g/mol. The molecule has 23 heavy (non-hydrogen) atoms. The van der Waals surface area contributed by atoms with Crippen molar-refractivity contribution in [3.05, 3.63) is 35.4 Å². The number of nitrogens with zero attached hydrogens (tertiary/aromatic N) is 1.